The number of carbonyl (C=O) groups excluding carboxylic acids is 1. The normalized spacial score (nSPS) is 10.1. The molecule has 2 aromatic rings. The number of pyridine rings is 1. The number of aromatic nitrogens is 5. The average Bonchev–Trinajstić information content (AvgIpc) is 2.64. The summed E-state index contributed by atoms with van der Waals surface area (Å²) in [6.45, 7) is 0. The third-order valence-corrected chi connectivity index (χ3v) is 1.77. The van der Waals surface area contributed by atoms with E-state index in [1.54, 1.807) is 7.05 Å². The van der Waals surface area contributed by atoms with E-state index in [1.165, 1.54) is 23.1 Å². The molecule has 82 valence electrons. The van der Waals surface area contributed by atoms with Crippen molar-refractivity contribution >= 4 is 11.9 Å². The Labute approximate surface area is 89.3 Å². The number of amides is 1. The first-order valence-electron chi connectivity index (χ1n) is 4.39. The molecule has 2 heterocycles. The zero-order valence-corrected chi connectivity index (χ0v) is 8.34. The van der Waals surface area contributed by atoms with Gasteiger partial charge in [0, 0.05) is 17.8 Å². The van der Waals surface area contributed by atoms with Crippen molar-refractivity contribution in [3.8, 4) is 0 Å². The smallest absolute Gasteiger partial charge is 0.270 e. The van der Waals surface area contributed by atoms with Crippen LogP contribution in [0, 0.1) is 0 Å². The van der Waals surface area contributed by atoms with Crippen molar-refractivity contribution in [2.75, 3.05) is 5.32 Å². The second-order valence-corrected chi connectivity index (χ2v) is 3.00. The molecule has 0 saturated heterocycles. The Kier molecular flexibility index (Phi) is 2.46. The summed E-state index contributed by atoms with van der Waals surface area (Å²) in [6, 6.07) is 2.67. The largest absolute Gasteiger partial charge is 0.329 e. The van der Waals surface area contributed by atoms with Crippen LogP contribution in [0.3, 0.4) is 0 Å². The Morgan fingerprint density at radius 2 is 2.38 bits per heavy atom. The molecule has 0 bridgehead atoms. The summed E-state index contributed by atoms with van der Waals surface area (Å²) in [5, 5.41) is 13.3. The number of anilines is 1. The number of aromatic amines is 1. The maximum atomic E-state index is 11.6. The van der Waals surface area contributed by atoms with Crippen LogP contribution in [0.5, 0.6) is 0 Å². The minimum Gasteiger partial charge on any atom is -0.329 e. The van der Waals surface area contributed by atoms with Gasteiger partial charge in [-0.1, -0.05) is 5.10 Å². The highest BCUT2D eigenvalue weighted by atomic mass is 16.2. The molecule has 0 aliphatic carbocycles. The number of aryl methyl sites for hydroxylation is 1. The number of hydrogen-bond acceptors (Lipinski definition) is 5. The van der Waals surface area contributed by atoms with Gasteiger partial charge in [0.15, 0.2) is 0 Å². The Balaban J connectivity index is 2.17. The van der Waals surface area contributed by atoms with E-state index in [2.05, 4.69) is 25.7 Å². The zero-order chi connectivity index (χ0) is 11.5. The molecular formula is C8H8N6O2. The van der Waals surface area contributed by atoms with Crippen molar-refractivity contribution in [2.24, 2.45) is 7.05 Å². The lowest BCUT2D eigenvalue weighted by Crippen LogP contribution is -2.16. The summed E-state index contributed by atoms with van der Waals surface area (Å²) in [5.74, 6) is -0.369. The number of nitrogens with one attached hydrogen (secondary N) is 2. The highest BCUT2D eigenvalue weighted by Gasteiger charge is 2.09. The second kappa shape index (κ2) is 3.93. The quantitative estimate of drug-likeness (QED) is 0.685. The van der Waals surface area contributed by atoms with Crippen LogP contribution in [0.4, 0.5) is 5.95 Å². The highest BCUT2D eigenvalue weighted by molar-refractivity contribution is 6.03. The Bertz CT molecular complexity index is 572. The summed E-state index contributed by atoms with van der Waals surface area (Å²) < 4.78 is 0. The van der Waals surface area contributed by atoms with Gasteiger partial charge in [-0.3, -0.25) is 14.9 Å². The summed E-state index contributed by atoms with van der Waals surface area (Å²) in [5.41, 5.74) is -0.115. The van der Waals surface area contributed by atoms with Crippen LogP contribution in [0.25, 0.3) is 0 Å². The molecule has 0 unspecified atom stereocenters. The SMILES string of the molecule is Cn1nnc(NC(=O)c2cc[nH]c(=O)c2)n1. The van der Waals surface area contributed by atoms with Gasteiger partial charge in [0.05, 0.1) is 7.05 Å². The third-order valence-electron chi connectivity index (χ3n) is 1.77. The summed E-state index contributed by atoms with van der Waals surface area (Å²) in [7, 11) is 1.58. The Morgan fingerprint density at radius 3 is 3.00 bits per heavy atom. The van der Waals surface area contributed by atoms with Crippen molar-refractivity contribution in [3.05, 3.63) is 34.2 Å². The fourth-order valence-corrected chi connectivity index (χ4v) is 1.09. The molecule has 0 spiro atoms. The van der Waals surface area contributed by atoms with Crippen LogP contribution in [0.1, 0.15) is 10.4 Å². The van der Waals surface area contributed by atoms with Gasteiger partial charge >= 0.3 is 0 Å². The van der Waals surface area contributed by atoms with Gasteiger partial charge in [-0.25, -0.2) is 0 Å². The van der Waals surface area contributed by atoms with E-state index in [4.69, 9.17) is 0 Å². The fourth-order valence-electron chi connectivity index (χ4n) is 1.09. The van der Waals surface area contributed by atoms with Gasteiger partial charge in [-0.05, 0) is 11.3 Å². The lowest BCUT2D eigenvalue weighted by Gasteiger charge is -1.98. The number of tetrazole rings is 1. The maximum absolute atomic E-state index is 11.6. The highest BCUT2D eigenvalue weighted by Crippen LogP contribution is 1.99. The number of rotatable bonds is 2. The van der Waals surface area contributed by atoms with Crippen molar-refractivity contribution in [1.29, 1.82) is 0 Å². The van der Waals surface area contributed by atoms with Gasteiger partial charge in [-0.2, -0.15) is 4.80 Å². The lowest BCUT2D eigenvalue weighted by molar-refractivity contribution is 0.102. The van der Waals surface area contributed by atoms with Crippen molar-refractivity contribution in [1.82, 2.24) is 25.2 Å². The molecule has 2 aromatic heterocycles. The van der Waals surface area contributed by atoms with Crippen molar-refractivity contribution in [2.45, 2.75) is 0 Å². The van der Waals surface area contributed by atoms with Gasteiger partial charge in [-0.15, -0.1) is 5.10 Å². The van der Waals surface area contributed by atoms with E-state index in [1.807, 2.05) is 0 Å². The molecule has 8 heteroatoms. The molecule has 8 nitrogen and oxygen atoms in total. The molecule has 0 aliphatic heterocycles. The molecule has 0 aromatic carbocycles. The zero-order valence-electron chi connectivity index (χ0n) is 8.34. The molecule has 0 aliphatic rings. The monoisotopic (exact) mass is 220 g/mol. The number of carbonyl (C=O) groups is 1. The van der Waals surface area contributed by atoms with Gasteiger partial charge < -0.3 is 4.98 Å². The van der Waals surface area contributed by atoms with Gasteiger partial charge in [0.2, 0.25) is 5.56 Å². The summed E-state index contributed by atoms with van der Waals surface area (Å²) >= 11 is 0. The summed E-state index contributed by atoms with van der Waals surface area (Å²) in [4.78, 5) is 26.2. The van der Waals surface area contributed by atoms with Crippen molar-refractivity contribution in [3.63, 3.8) is 0 Å². The van der Waals surface area contributed by atoms with E-state index < -0.39 is 5.91 Å². The molecule has 1 amide bonds. The summed E-state index contributed by atoms with van der Waals surface area (Å²) in [6.07, 6.45) is 1.39. The minimum atomic E-state index is -0.459. The minimum absolute atomic E-state index is 0.0905. The molecule has 0 atom stereocenters. The molecule has 0 fully saturated rings. The molecule has 2 N–H and O–H groups in total. The van der Waals surface area contributed by atoms with Crippen molar-refractivity contribution < 1.29 is 4.79 Å². The van der Waals surface area contributed by atoms with Crippen LogP contribution in [0.2, 0.25) is 0 Å². The van der Waals surface area contributed by atoms with Crippen LogP contribution < -0.4 is 10.9 Å². The fraction of sp³-hybridized carbons (Fsp3) is 0.125. The van der Waals surface area contributed by atoms with Crippen LogP contribution >= 0.6 is 0 Å². The molecule has 16 heavy (non-hydrogen) atoms. The first kappa shape index (κ1) is 10.0. The molecule has 0 saturated carbocycles. The number of nitrogens with zero attached hydrogens (tertiary/aromatic N) is 4. The maximum Gasteiger partial charge on any atom is 0.270 e. The van der Waals surface area contributed by atoms with Gasteiger partial charge in [0.1, 0.15) is 0 Å². The first-order chi connectivity index (χ1) is 7.65. The lowest BCUT2D eigenvalue weighted by atomic mass is 10.2. The van der Waals surface area contributed by atoms with E-state index in [9.17, 15) is 9.59 Å². The third kappa shape index (κ3) is 2.11. The van der Waals surface area contributed by atoms with E-state index in [-0.39, 0.29) is 17.1 Å². The molecular weight excluding hydrogens is 212 g/mol. The average molecular weight is 220 g/mol. The number of hydrogen-bond donors (Lipinski definition) is 2. The second-order valence-electron chi connectivity index (χ2n) is 3.00. The topological polar surface area (TPSA) is 106 Å². The molecule has 2 rings (SSSR count). The van der Waals surface area contributed by atoms with Crippen LogP contribution in [-0.4, -0.2) is 31.1 Å². The van der Waals surface area contributed by atoms with Crippen LogP contribution in [0.15, 0.2) is 23.1 Å². The Morgan fingerprint density at radius 1 is 1.56 bits per heavy atom. The molecule has 0 radical (unpaired) electrons. The van der Waals surface area contributed by atoms with E-state index >= 15 is 0 Å². The van der Waals surface area contributed by atoms with E-state index in [0.29, 0.717) is 0 Å². The number of H-pyrrole nitrogens is 1. The Hall–Kier alpha value is -2.51. The predicted octanol–water partition coefficient (Wildman–Crippen LogP) is -0.849. The standard InChI is InChI=1S/C8H8N6O2/c1-14-12-8(11-13-14)10-7(16)5-2-3-9-6(15)4-5/h2-4H,1H3,(H,9,15)(H,10,12,16). The predicted molar refractivity (Wildman–Crippen MR) is 53.8 cm³/mol. The van der Waals surface area contributed by atoms with Gasteiger partial charge in [0.25, 0.3) is 11.9 Å². The first-order valence-corrected chi connectivity index (χ1v) is 4.39. The van der Waals surface area contributed by atoms with E-state index in [0.717, 1.165) is 0 Å². The van der Waals surface area contributed by atoms with Crippen LogP contribution in [-0.2, 0) is 7.05 Å².